The van der Waals surface area contributed by atoms with Crippen molar-refractivity contribution < 1.29 is 8.42 Å². The maximum Gasteiger partial charge on any atom is 0.232 e. The lowest BCUT2D eigenvalue weighted by molar-refractivity contribution is 0.166. The molecule has 1 N–H and O–H groups in total. The molecule has 1 aliphatic heterocycles. The Morgan fingerprint density at radius 3 is 2.46 bits per heavy atom. The maximum absolute atomic E-state index is 12.0. The third-order valence-corrected chi connectivity index (χ3v) is 7.09. The molecule has 0 spiro atoms. The molecule has 0 unspecified atom stereocenters. The zero-order valence-electron chi connectivity index (χ0n) is 16.8. The molecule has 0 aliphatic carbocycles. The van der Waals surface area contributed by atoms with E-state index in [0.717, 1.165) is 25.9 Å². The Balaban J connectivity index is 1.95. The first kappa shape index (κ1) is 21.2. The van der Waals surface area contributed by atoms with Crippen LogP contribution in [0.15, 0.2) is 24.3 Å². The molecule has 0 atom stereocenters. The summed E-state index contributed by atoms with van der Waals surface area (Å²) >= 11 is 0. The molecule has 0 bridgehead atoms. The number of nitrogens with zero attached hydrogens (tertiary/aromatic N) is 1. The summed E-state index contributed by atoms with van der Waals surface area (Å²) in [5.74, 6) is 0.168. The van der Waals surface area contributed by atoms with Gasteiger partial charge in [-0.25, -0.2) is 8.42 Å². The van der Waals surface area contributed by atoms with Crippen LogP contribution in [0, 0.1) is 0 Å². The van der Waals surface area contributed by atoms with Gasteiger partial charge in [-0.15, -0.1) is 0 Å². The standard InChI is InChI=1S/C21H36N2O2S/c1-4-6-7-8-14-23-15-12-21(3,13-16-23)19-10-9-11-20(18-19)22-26(24,25)17-5-2/h9-11,18,22H,4-8,12-17H2,1-3H3. The van der Waals surface area contributed by atoms with Crippen molar-refractivity contribution in [1.29, 1.82) is 0 Å². The van der Waals surface area contributed by atoms with E-state index < -0.39 is 10.0 Å². The van der Waals surface area contributed by atoms with Gasteiger partial charge in [0.05, 0.1) is 5.75 Å². The molecule has 0 amide bonds. The maximum atomic E-state index is 12.0. The van der Waals surface area contributed by atoms with Crippen molar-refractivity contribution in [3.05, 3.63) is 29.8 Å². The van der Waals surface area contributed by atoms with Crippen LogP contribution in [0.5, 0.6) is 0 Å². The topological polar surface area (TPSA) is 49.4 Å². The molecule has 148 valence electrons. The largest absolute Gasteiger partial charge is 0.303 e. The van der Waals surface area contributed by atoms with Crippen molar-refractivity contribution in [2.75, 3.05) is 30.1 Å². The van der Waals surface area contributed by atoms with Crippen molar-refractivity contribution in [1.82, 2.24) is 4.90 Å². The molecule has 5 heteroatoms. The van der Waals surface area contributed by atoms with E-state index in [1.807, 2.05) is 25.1 Å². The van der Waals surface area contributed by atoms with Crippen LogP contribution in [0.2, 0.25) is 0 Å². The minimum Gasteiger partial charge on any atom is -0.303 e. The quantitative estimate of drug-likeness (QED) is 0.595. The van der Waals surface area contributed by atoms with Crippen LogP contribution in [0.1, 0.15) is 71.3 Å². The number of anilines is 1. The molecule has 1 aromatic rings. The van der Waals surface area contributed by atoms with E-state index in [1.165, 1.54) is 37.8 Å². The van der Waals surface area contributed by atoms with Gasteiger partial charge >= 0.3 is 0 Å². The van der Waals surface area contributed by atoms with E-state index in [2.05, 4.69) is 29.5 Å². The van der Waals surface area contributed by atoms with Crippen LogP contribution in [0.4, 0.5) is 5.69 Å². The fourth-order valence-electron chi connectivity index (χ4n) is 3.78. The second kappa shape index (κ2) is 9.75. The molecular formula is C21H36N2O2S. The fraction of sp³-hybridized carbons (Fsp3) is 0.714. The molecule has 0 radical (unpaired) electrons. The number of rotatable bonds is 10. The van der Waals surface area contributed by atoms with Crippen LogP contribution < -0.4 is 4.72 Å². The predicted octanol–water partition coefficient (Wildman–Crippen LogP) is 4.77. The third kappa shape index (κ3) is 6.27. The number of unbranched alkanes of at least 4 members (excludes halogenated alkanes) is 3. The van der Waals surface area contributed by atoms with Gasteiger partial charge in [0.25, 0.3) is 0 Å². The number of nitrogens with one attached hydrogen (secondary N) is 1. The summed E-state index contributed by atoms with van der Waals surface area (Å²) in [6.45, 7) is 9.94. The summed E-state index contributed by atoms with van der Waals surface area (Å²) < 4.78 is 26.8. The Kier molecular flexibility index (Phi) is 7.96. The molecule has 0 aromatic heterocycles. The SMILES string of the molecule is CCCCCCN1CCC(C)(c2cccc(NS(=O)(=O)CCC)c2)CC1. The summed E-state index contributed by atoms with van der Waals surface area (Å²) in [5.41, 5.74) is 2.07. The summed E-state index contributed by atoms with van der Waals surface area (Å²) in [5, 5.41) is 0. The highest BCUT2D eigenvalue weighted by Crippen LogP contribution is 2.36. The minimum absolute atomic E-state index is 0.131. The Labute approximate surface area is 160 Å². The Hall–Kier alpha value is -1.07. The molecule has 2 rings (SSSR count). The Morgan fingerprint density at radius 1 is 1.08 bits per heavy atom. The first-order valence-corrected chi connectivity index (χ1v) is 11.9. The number of benzene rings is 1. The van der Waals surface area contributed by atoms with Crippen LogP contribution in [0.3, 0.4) is 0 Å². The average Bonchev–Trinajstić information content (AvgIpc) is 2.60. The van der Waals surface area contributed by atoms with Crippen molar-refractivity contribution in [3.63, 3.8) is 0 Å². The first-order valence-electron chi connectivity index (χ1n) is 10.2. The lowest BCUT2D eigenvalue weighted by Crippen LogP contribution is -2.41. The normalized spacial score (nSPS) is 18.0. The van der Waals surface area contributed by atoms with Gasteiger partial charge in [-0.2, -0.15) is 0 Å². The van der Waals surface area contributed by atoms with Gasteiger partial charge in [-0.3, -0.25) is 4.72 Å². The lowest BCUT2D eigenvalue weighted by atomic mass is 9.74. The summed E-state index contributed by atoms with van der Waals surface area (Å²) in [7, 11) is -3.23. The van der Waals surface area contributed by atoms with E-state index in [1.54, 1.807) is 0 Å². The molecular weight excluding hydrogens is 344 g/mol. The summed E-state index contributed by atoms with van der Waals surface area (Å²) in [6.07, 6.45) is 8.16. The van der Waals surface area contributed by atoms with Gasteiger partial charge in [0.2, 0.25) is 10.0 Å². The number of hydrogen-bond donors (Lipinski definition) is 1. The van der Waals surface area contributed by atoms with Crippen LogP contribution >= 0.6 is 0 Å². The van der Waals surface area contributed by atoms with Gasteiger partial charge < -0.3 is 4.90 Å². The molecule has 1 heterocycles. The highest BCUT2D eigenvalue weighted by Gasteiger charge is 2.31. The van der Waals surface area contributed by atoms with Gasteiger partial charge in [0, 0.05) is 5.69 Å². The summed E-state index contributed by atoms with van der Waals surface area (Å²) in [6, 6.07) is 8.00. The van der Waals surface area contributed by atoms with Gasteiger partial charge in [0.1, 0.15) is 0 Å². The van der Waals surface area contributed by atoms with E-state index in [4.69, 9.17) is 0 Å². The predicted molar refractivity (Wildman–Crippen MR) is 111 cm³/mol. The van der Waals surface area contributed by atoms with E-state index >= 15 is 0 Å². The van der Waals surface area contributed by atoms with Crippen LogP contribution in [-0.2, 0) is 15.4 Å². The van der Waals surface area contributed by atoms with Gasteiger partial charge in [-0.1, -0.05) is 52.2 Å². The average molecular weight is 381 g/mol. The van der Waals surface area contributed by atoms with E-state index in [9.17, 15) is 8.42 Å². The number of piperidine rings is 1. The van der Waals surface area contributed by atoms with Gasteiger partial charge in [-0.05, 0) is 68.4 Å². The zero-order chi connectivity index (χ0) is 19.0. The molecule has 4 nitrogen and oxygen atoms in total. The van der Waals surface area contributed by atoms with Crippen LogP contribution in [-0.4, -0.2) is 38.7 Å². The molecule has 1 saturated heterocycles. The number of sulfonamides is 1. The van der Waals surface area contributed by atoms with Crippen molar-refractivity contribution in [2.24, 2.45) is 0 Å². The molecule has 26 heavy (non-hydrogen) atoms. The molecule has 1 fully saturated rings. The van der Waals surface area contributed by atoms with Crippen LogP contribution in [0.25, 0.3) is 0 Å². The lowest BCUT2D eigenvalue weighted by Gasteiger charge is -2.40. The first-order chi connectivity index (χ1) is 12.4. The Morgan fingerprint density at radius 2 is 1.81 bits per heavy atom. The third-order valence-electron chi connectivity index (χ3n) is 5.59. The zero-order valence-corrected chi connectivity index (χ0v) is 17.6. The smallest absolute Gasteiger partial charge is 0.232 e. The Bertz CT molecular complexity index is 650. The number of hydrogen-bond acceptors (Lipinski definition) is 3. The van der Waals surface area contributed by atoms with Crippen molar-refractivity contribution in [3.8, 4) is 0 Å². The van der Waals surface area contributed by atoms with Gasteiger partial charge in [0.15, 0.2) is 0 Å². The minimum atomic E-state index is -3.23. The van der Waals surface area contributed by atoms with E-state index in [-0.39, 0.29) is 11.2 Å². The van der Waals surface area contributed by atoms with E-state index in [0.29, 0.717) is 12.1 Å². The fourth-order valence-corrected chi connectivity index (χ4v) is 4.90. The summed E-state index contributed by atoms with van der Waals surface area (Å²) in [4.78, 5) is 2.59. The molecule has 1 aromatic carbocycles. The van der Waals surface area contributed by atoms with Crippen molar-refractivity contribution in [2.45, 2.75) is 71.1 Å². The second-order valence-electron chi connectivity index (χ2n) is 7.96. The molecule has 1 aliphatic rings. The molecule has 0 saturated carbocycles. The van der Waals surface area contributed by atoms with Crippen molar-refractivity contribution >= 4 is 15.7 Å². The highest BCUT2D eigenvalue weighted by molar-refractivity contribution is 7.92. The second-order valence-corrected chi connectivity index (χ2v) is 9.81. The number of likely N-dealkylation sites (tertiary alicyclic amines) is 1. The highest BCUT2D eigenvalue weighted by atomic mass is 32.2. The monoisotopic (exact) mass is 380 g/mol.